The van der Waals surface area contributed by atoms with Gasteiger partial charge >= 0.3 is 0 Å². The largest absolute Gasteiger partial charge is 0.491 e. The fourth-order valence-corrected chi connectivity index (χ4v) is 3.51. The lowest BCUT2D eigenvalue weighted by atomic mass is 10.2. The maximum Gasteiger partial charge on any atom is 0.232 e. The van der Waals surface area contributed by atoms with E-state index in [0.29, 0.717) is 19.7 Å². The number of aliphatic hydroxyl groups excluding tert-OH is 1. The van der Waals surface area contributed by atoms with Gasteiger partial charge < -0.3 is 14.7 Å². The van der Waals surface area contributed by atoms with Gasteiger partial charge in [-0.1, -0.05) is 30.3 Å². The summed E-state index contributed by atoms with van der Waals surface area (Å²) in [5.74, 6) is 0.773. The van der Waals surface area contributed by atoms with E-state index in [0.717, 1.165) is 43.2 Å². The van der Waals surface area contributed by atoms with Gasteiger partial charge in [-0.25, -0.2) is 8.93 Å². The van der Waals surface area contributed by atoms with Crippen LogP contribution in [0.5, 0.6) is 5.75 Å². The second-order valence-corrected chi connectivity index (χ2v) is 7.59. The second-order valence-electron chi connectivity index (χ2n) is 6.80. The molecule has 2 atom stereocenters. The summed E-state index contributed by atoms with van der Waals surface area (Å²) in [6, 6.07) is 17.5. The van der Waals surface area contributed by atoms with Crippen molar-refractivity contribution in [1.29, 1.82) is 0 Å². The monoisotopic (exact) mass is 405 g/mol. The van der Waals surface area contributed by atoms with E-state index in [4.69, 9.17) is 9.29 Å². The Balaban J connectivity index is 1.39. The van der Waals surface area contributed by atoms with Gasteiger partial charge in [0.15, 0.2) is 0 Å². The number of rotatable bonds is 9. The lowest BCUT2D eigenvalue weighted by molar-refractivity contribution is 0.0663. The summed E-state index contributed by atoms with van der Waals surface area (Å²) in [4.78, 5) is 4.56. The van der Waals surface area contributed by atoms with Crippen molar-refractivity contribution in [1.82, 2.24) is 9.62 Å². The fraction of sp³-hybridized carbons (Fsp3) is 0.400. The first-order chi connectivity index (χ1) is 13.6. The predicted molar refractivity (Wildman–Crippen MR) is 111 cm³/mol. The van der Waals surface area contributed by atoms with Gasteiger partial charge in [0.1, 0.15) is 18.5 Å². The van der Waals surface area contributed by atoms with Gasteiger partial charge in [-0.3, -0.25) is 9.45 Å². The molecule has 2 aromatic carbocycles. The van der Waals surface area contributed by atoms with Gasteiger partial charge in [-0.15, -0.1) is 0 Å². The number of hydrogen-bond donors (Lipinski definition) is 3. The van der Waals surface area contributed by atoms with Crippen LogP contribution in [0, 0.1) is 0 Å². The van der Waals surface area contributed by atoms with Crippen molar-refractivity contribution in [3.05, 3.63) is 60.2 Å². The predicted octanol–water partition coefficient (Wildman–Crippen LogP) is 1.47. The molecule has 28 heavy (non-hydrogen) atoms. The molecule has 0 aliphatic carbocycles. The molecule has 1 heterocycles. The third-order valence-electron chi connectivity index (χ3n) is 4.73. The van der Waals surface area contributed by atoms with Crippen molar-refractivity contribution >= 4 is 17.0 Å². The SMILES string of the molecule is O=S(O)NCc1ccc(N2CCN(CC(O)COc3ccccc3)CC2)cc1. The lowest BCUT2D eigenvalue weighted by Crippen LogP contribution is -2.49. The highest BCUT2D eigenvalue weighted by molar-refractivity contribution is 7.77. The average Bonchev–Trinajstić information content (AvgIpc) is 2.72. The van der Waals surface area contributed by atoms with E-state index in [1.807, 2.05) is 54.6 Å². The molecule has 1 aliphatic rings. The van der Waals surface area contributed by atoms with Gasteiger partial charge in [-0.05, 0) is 29.8 Å². The zero-order chi connectivity index (χ0) is 19.8. The first-order valence-corrected chi connectivity index (χ1v) is 10.5. The van der Waals surface area contributed by atoms with Crippen LogP contribution >= 0.6 is 0 Å². The number of nitrogens with one attached hydrogen (secondary N) is 1. The Morgan fingerprint density at radius 3 is 2.36 bits per heavy atom. The first kappa shape index (κ1) is 20.8. The Hall–Kier alpha value is -1.97. The number of β-amino-alcohol motifs (C(OH)–C–C–N with tert-alkyl or cyclic N) is 1. The van der Waals surface area contributed by atoms with Gasteiger partial charge in [0.05, 0.1) is 0 Å². The molecule has 0 saturated carbocycles. The Morgan fingerprint density at radius 2 is 1.71 bits per heavy atom. The number of piperazine rings is 1. The molecule has 0 aromatic heterocycles. The highest BCUT2D eigenvalue weighted by Gasteiger charge is 2.19. The van der Waals surface area contributed by atoms with Crippen molar-refractivity contribution in [2.45, 2.75) is 12.6 Å². The van der Waals surface area contributed by atoms with Crippen LogP contribution < -0.4 is 14.4 Å². The molecule has 1 fully saturated rings. The van der Waals surface area contributed by atoms with Crippen molar-refractivity contribution < 1.29 is 18.6 Å². The number of hydrogen-bond acceptors (Lipinski definition) is 5. The summed E-state index contributed by atoms with van der Waals surface area (Å²) in [7, 11) is 0. The maximum absolute atomic E-state index is 10.7. The van der Waals surface area contributed by atoms with Crippen LogP contribution in [0.15, 0.2) is 54.6 Å². The number of aliphatic hydroxyl groups is 1. The summed E-state index contributed by atoms with van der Waals surface area (Å²) < 4.78 is 27.5. The normalized spacial score (nSPS) is 17.3. The van der Waals surface area contributed by atoms with Gasteiger partial charge in [-0.2, -0.15) is 0 Å². The second kappa shape index (κ2) is 10.5. The highest BCUT2D eigenvalue weighted by Crippen LogP contribution is 2.18. The topological polar surface area (TPSA) is 85.3 Å². The third-order valence-corrected chi connectivity index (χ3v) is 5.12. The summed E-state index contributed by atoms with van der Waals surface area (Å²) in [5.41, 5.74) is 2.10. The van der Waals surface area contributed by atoms with Crippen LogP contribution in [-0.4, -0.2) is 64.2 Å². The maximum atomic E-state index is 10.7. The Morgan fingerprint density at radius 1 is 1.04 bits per heavy atom. The first-order valence-electron chi connectivity index (χ1n) is 9.36. The summed E-state index contributed by atoms with van der Waals surface area (Å²) >= 11 is -1.99. The van der Waals surface area contributed by atoms with Crippen LogP contribution in [0.1, 0.15) is 5.56 Å². The molecule has 1 aliphatic heterocycles. The molecule has 0 spiro atoms. The van der Waals surface area contributed by atoms with E-state index >= 15 is 0 Å². The Kier molecular flexibility index (Phi) is 7.81. The van der Waals surface area contributed by atoms with Crippen LogP contribution in [0.3, 0.4) is 0 Å². The summed E-state index contributed by atoms with van der Waals surface area (Å²) in [6.45, 7) is 4.81. The quantitative estimate of drug-likeness (QED) is 0.548. The van der Waals surface area contributed by atoms with Gasteiger partial charge in [0, 0.05) is 45.0 Å². The number of ether oxygens (including phenoxy) is 1. The molecule has 152 valence electrons. The van der Waals surface area contributed by atoms with E-state index < -0.39 is 17.4 Å². The summed E-state index contributed by atoms with van der Waals surface area (Å²) in [5, 5.41) is 10.2. The Bertz CT molecular complexity index is 737. The molecule has 8 heteroatoms. The molecular weight excluding hydrogens is 378 g/mol. The molecule has 0 radical (unpaired) electrons. The minimum absolute atomic E-state index is 0.290. The van der Waals surface area contributed by atoms with Crippen molar-refractivity contribution in [3.8, 4) is 5.75 Å². The van der Waals surface area contributed by atoms with Crippen LogP contribution in [0.2, 0.25) is 0 Å². The molecule has 3 N–H and O–H groups in total. The molecule has 0 amide bonds. The molecule has 0 bridgehead atoms. The van der Waals surface area contributed by atoms with Crippen LogP contribution in [0.4, 0.5) is 5.69 Å². The number of nitrogens with zero attached hydrogens (tertiary/aromatic N) is 2. The minimum Gasteiger partial charge on any atom is -0.491 e. The van der Waals surface area contributed by atoms with E-state index in [9.17, 15) is 9.32 Å². The minimum atomic E-state index is -1.99. The molecule has 2 unspecified atom stereocenters. The van der Waals surface area contributed by atoms with Crippen LogP contribution in [-0.2, 0) is 17.8 Å². The van der Waals surface area contributed by atoms with E-state index in [-0.39, 0.29) is 0 Å². The number of benzene rings is 2. The molecular formula is C20H27N3O4S. The fourth-order valence-electron chi connectivity index (χ4n) is 3.22. The molecule has 3 rings (SSSR count). The van der Waals surface area contributed by atoms with E-state index in [1.54, 1.807) is 0 Å². The number of para-hydroxylation sites is 1. The van der Waals surface area contributed by atoms with Gasteiger partial charge in [0.2, 0.25) is 11.3 Å². The average molecular weight is 406 g/mol. The number of anilines is 1. The third kappa shape index (κ3) is 6.57. The zero-order valence-electron chi connectivity index (χ0n) is 15.7. The lowest BCUT2D eigenvalue weighted by Gasteiger charge is -2.37. The zero-order valence-corrected chi connectivity index (χ0v) is 16.6. The van der Waals surface area contributed by atoms with Crippen molar-refractivity contribution in [2.24, 2.45) is 0 Å². The molecule has 7 nitrogen and oxygen atoms in total. The van der Waals surface area contributed by atoms with Crippen molar-refractivity contribution in [2.75, 3.05) is 44.2 Å². The van der Waals surface area contributed by atoms with Gasteiger partial charge in [0.25, 0.3) is 0 Å². The molecule has 1 saturated heterocycles. The Labute approximate surface area is 168 Å². The standard InChI is InChI=1S/C20H27N3O4S/c24-19(16-27-20-4-2-1-3-5-20)15-22-10-12-23(13-11-22)18-8-6-17(7-9-18)14-21-28(25)26/h1-9,19,21,24H,10-16H2,(H,25,26). The summed E-state index contributed by atoms with van der Waals surface area (Å²) in [6.07, 6.45) is -0.518. The highest BCUT2D eigenvalue weighted by atomic mass is 32.2. The smallest absolute Gasteiger partial charge is 0.232 e. The molecule has 2 aromatic rings. The van der Waals surface area contributed by atoms with Crippen molar-refractivity contribution in [3.63, 3.8) is 0 Å². The van der Waals surface area contributed by atoms with Crippen LogP contribution in [0.25, 0.3) is 0 Å². The van der Waals surface area contributed by atoms with E-state index in [1.165, 1.54) is 0 Å². The van der Waals surface area contributed by atoms with E-state index in [2.05, 4.69) is 14.5 Å².